The van der Waals surface area contributed by atoms with Gasteiger partial charge in [-0.25, -0.2) is 0 Å². The zero-order valence-electron chi connectivity index (χ0n) is 16.0. The van der Waals surface area contributed by atoms with Crippen molar-refractivity contribution in [3.8, 4) is 0 Å². The van der Waals surface area contributed by atoms with Crippen LogP contribution in [0.1, 0.15) is 85.0 Å². The Morgan fingerprint density at radius 1 is 1.00 bits per heavy atom. The SMILES string of the molecule is CCCO[C@H]1C(=O)C[C@H]2[C@@H]3CC[C@H]4CCCC[C@]4(C)[C@H]3CC[C@]12C. The van der Waals surface area contributed by atoms with E-state index in [-0.39, 0.29) is 11.5 Å². The van der Waals surface area contributed by atoms with Crippen molar-refractivity contribution in [2.75, 3.05) is 6.61 Å². The highest BCUT2D eigenvalue weighted by molar-refractivity contribution is 5.87. The number of rotatable bonds is 3. The van der Waals surface area contributed by atoms with Gasteiger partial charge >= 0.3 is 0 Å². The molecular weight excluding hydrogens is 296 g/mol. The molecule has 0 aromatic carbocycles. The quantitative estimate of drug-likeness (QED) is 0.692. The van der Waals surface area contributed by atoms with Crippen LogP contribution >= 0.6 is 0 Å². The van der Waals surface area contributed by atoms with Crippen LogP contribution in [0.4, 0.5) is 0 Å². The van der Waals surface area contributed by atoms with Crippen LogP contribution in [0.2, 0.25) is 0 Å². The van der Waals surface area contributed by atoms with Crippen molar-refractivity contribution in [3.05, 3.63) is 0 Å². The van der Waals surface area contributed by atoms with Gasteiger partial charge in [-0.2, -0.15) is 0 Å². The number of ether oxygens (including phenoxy) is 1. The lowest BCUT2D eigenvalue weighted by molar-refractivity contribution is -0.142. The fourth-order valence-electron chi connectivity index (χ4n) is 7.56. The van der Waals surface area contributed by atoms with Crippen LogP contribution in [0.15, 0.2) is 0 Å². The summed E-state index contributed by atoms with van der Waals surface area (Å²) in [7, 11) is 0. The van der Waals surface area contributed by atoms with Crippen molar-refractivity contribution in [1.82, 2.24) is 0 Å². The molecule has 0 heterocycles. The lowest BCUT2D eigenvalue weighted by Crippen LogP contribution is -2.53. The summed E-state index contributed by atoms with van der Waals surface area (Å²) in [5.41, 5.74) is 0.680. The van der Waals surface area contributed by atoms with Crippen molar-refractivity contribution in [2.45, 2.75) is 91.1 Å². The summed E-state index contributed by atoms with van der Waals surface area (Å²) in [6.45, 7) is 7.88. The van der Waals surface area contributed by atoms with Crippen LogP contribution in [0.25, 0.3) is 0 Å². The Morgan fingerprint density at radius 3 is 2.62 bits per heavy atom. The van der Waals surface area contributed by atoms with Gasteiger partial charge in [-0.05, 0) is 74.0 Å². The van der Waals surface area contributed by atoms with E-state index in [0.29, 0.717) is 17.1 Å². The molecule has 0 unspecified atom stereocenters. The van der Waals surface area contributed by atoms with Gasteiger partial charge in [0.1, 0.15) is 6.10 Å². The van der Waals surface area contributed by atoms with E-state index < -0.39 is 0 Å². The third kappa shape index (κ3) is 2.35. The number of hydrogen-bond donors (Lipinski definition) is 0. The number of carbonyl (C=O) groups is 1. The molecule has 0 aromatic heterocycles. The molecule has 0 spiro atoms. The highest BCUT2D eigenvalue weighted by atomic mass is 16.5. The van der Waals surface area contributed by atoms with Gasteiger partial charge in [-0.3, -0.25) is 4.79 Å². The first kappa shape index (κ1) is 17.1. The first-order chi connectivity index (χ1) is 11.5. The van der Waals surface area contributed by atoms with Crippen LogP contribution in [0.5, 0.6) is 0 Å². The minimum atomic E-state index is -0.111. The molecule has 0 saturated heterocycles. The summed E-state index contributed by atoms with van der Waals surface area (Å²) in [6, 6.07) is 0. The van der Waals surface area contributed by atoms with E-state index in [4.69, 9.17) is 4.74 Å². The lowest BCUT2D eigenvalue weighted by Gasteiger charge is -2.60. The minimum absolute atomic E-state index is 0.111. The standard InChI is InChI=1S/C22H36O2/c1-4-13-24-20-19(23)14-18-16-9-8-15-7-5-6-11-21(15,2)17(16)10-12-22(18,20)3/h15-18,20H,4-14H2,1-3H3/t15-,16-,17+,18+,20+,21+,22+/m1/s1. The Balaban J connectivity index is 1.59. The predicted octanol–water partition coefficient (Wildman–Crippen LogP) is 5.39. The maximum Gasteiger partial charge on any atom is 0.162 e. The summed E-state index contributed by atoms with van der Waals surface area (Å²) in [5, 5.41) is 0. The molecule has 4 rings (SSSR count). The molecule has 4 saturated carbocycles. The minimum Gasteiger partial charge on any atom is -0.370 e. The Kier molecular flexibility index (Phi) is 4.34. The lowest BCUT2D eigenvalue weighted by atomic mass is 9.45. The first-order valence-electron chi connectivity index (χ1n) is 10.6. The molecule has 0 aliphatic heterocycles. The summed E-state index contributed by atoms with van der Waals surface area (Å²) in [4.78, 5) is 12.8. The highest BCUT2D eigenvalue weighted by Crippen LogP contribution is 2.66. The van der Waals surface area contributed by atoms with Crippen LogP contribution < -0.4 is 0 Å². The third-order valence-electron chi connectivity index (χ3n) is 8.82. The van der Waals surface area contributed by atoms with Crippen LogP contribution in [-0.2, 0) is 9.53 Å². The second kappa shape index (κ2) is 6.11. The largest absolute Gasteiger partial charge is 0.370 e. The van der Waals surface area contributed by atoms with E-state index in [1.54, 1.807) is 0 Å². The van der Waals surface area contributed by atoms with Crippen molar-refractivity contribution in [1.29, 1.82) is 0 Å². The number of carbonyl (C=O) groups excluding carboxylic acids is 1. The molecule has 2 nitrogen and oxygen atoms in total. The van der Waals surface area contributed by atoms with Crippen molar-refractivity contribution in [3.63, 3.8) is 0 Å². The van der Waals surface area contributed by atoms with Gasteiger partial charge in [0, 0.05) is 18.4 Å². The molecule has 4 aliphatic carbocycles. The van der Waals surface area contributed by atoms with Crippen molar-refractivity contribution < 1.29 is 9.53 Å². The molecule has 4 aliphatic rings. The van der Waals surface area contributed by atoms with Gasteiger partial charge in [0.15, 0.2) is 5.78 Å². The molecule has 136 valence electrons. The maximum atomic E-state index is 12.8. The second-order valence-electron chi connectivity index (χ2n) is 9.87. The average Bonchev–Trinajstić information content (AvgIpc) is 2.82. The van der Waals surface area contributed by atoms with Gasteiger partial charge in [-0.1, -0.05) is 33.6 Å². The number of fused-ring (bicyclic) bond motifs is 5. The van der Waals surface area contributed by atoms with E-state index in [1.165, 1.54) is 51.4 Å². The fourth-order valence-corrected chi connectivity index (χ4v) is 7.56. The Labute approximate surface area is 148 Å². The van der Waals surface area contributed by atoms with E-state index in [0.717, 1.165) is 37.2 Å². The first-order valence-corrected chi connectivity index (χ1v) is 10.6. The fraction of sp³-hybridized carbons (Fsp3) is 0.955. The molecule has 2 heteroatoms. The molecule has 0 N–H and O–H groups in total. The van der Waals surface area contributed by atoms with Crippen molar-refractivity contribution in [2.24, 2.45) is 34.5 Å². The summed E-state index contributed by atoms with van der Waals surface area (Å²) in [6.07, 6.45) is 12.8. The molecular formula is C22H36O2. The molecule has 0 amide bonds. The van der Waals surface area contributed by atoms with Crippen LogP contribution in [0.3, 0.4) is 0 Å². The molecule has 0 radical (unpaired) electrons. The number of hydrogen-bond acceptors (Lipinski definition) is 2. The van der Waals surface area contributed by atoms with E-state index in [9.17, 15) is 4.79 Å². The van der Waals surface area contributed by atoms with Gasteiger partial charge in [0.25, 0.3) is 0 Å². The van der Waals surface area contributed by atoms with Crippen LogP contribution in [-0.4, -0.2) is 18.5 Å². The maximum absolute atomic E-state index is 12.8. The smallest absolute Gasteiger partial charge is 0.162 e. The Morgan fingerprint density at radius 2 is 1.83 bits per heavy atom. The normalized spacial score (nSPS) is 51.0. The predicted molar refractivity (Wildman–Crippen MR) is 96.8 cm³/mol. The zero-order valence-corrected chi connectivity index (χ0v) is 16.0. The molecule has 7 atom stereocenters. The topological polar surface area (TPSA) is 26.3 Å². The Hall–Kier alpha value is -0.370. The van der Waals surface area contributed by atoms with Gasteiger partial charge in [0.05, 0.1) is 0 Å². The van der Waals surface area contributed by atoms with E-state index in [1.807, 2.05) is 0 Å². The molecule has 0 bridgehead atoms. The van der Waals surface area contributed by atoms with Crippen LogP contribution in [0, 0.1) is 34.5 Å². The monoisotopic (exact) mass is 332 g/mol. The zero-order chi connectivity index (χ0) is 16.9. The van der Waals surface area contributed by atoms with Crippen molar-refractivity contribution >= 4 is 5.78 Å². The molecule has 4 fully saturated rings. The van der Waals surface area contributed by atoms with Gasteiger partial charge in [-0.15, -0.1) is 0 Å². The van der Waals surface area contributed by atoms with E-state index in [2.05, 4.69) is 20.8 Å². The van der Waals surface area contributed by atoms with Gasteiger partial charge < -0.3 is 4.74 Å². The summed E-state index contributed by atoms with van der Waals surface area (Å²) >= 11 is 0. The summed E-state index contributed by atoms with van der Waals surface area (Å²) < 4.78 is 6.10. The van der Waals surface area contributed by atoms with Gasteiger partial charge in [0.2, 0.25) is 0 Å². The Bertz CT molecular complexity index is 500. The molecule has 24 heavy (non-hydrogen) atoms. The number of ketones is 1. The third-order valence-corrected chi connectivity index (χ3v) is 8.82. The average molecular weight is 333 g/mol. The molecule has 0 aromatic rings. The summed E-state index contributed by atoms with van der Waals surface area (Å²) in [5.74, 6) is 3.61. The van der Waals surface area contributed by atoms with E-state index >= 15 is 0 Å². The second-order valence-corrected chi connectivity index (χ2v) is 9.87. The highest BCUT2D eigenvalue weighted by Gasteiger charge is 2.62. The number of Topliss-reactive ketones (excluding diaryl/α,β-unsaturated/α-hetero) is 1.